The number of hydrogen-bond acceptors (Lipinski definition) is 6. The van der Waals surface area contributed by atoms with Crippen LogP contribution in [0.4, 0.5) is 5.82 Å². The first-order chi connectivity index (χ1) is 13.4. The van der Waals surface area contributed by atoms with Crippen molar-refractivity contribution in [1.29, 1.82) is 0 Å². The number of aryl methyl sites for hydroxylation is 1. The van der Waals surface area contributed by atoms with Crippen LogP contribution >= 0.6 is 0 Å². The summed E-state index contributed by atoms with van der Waals surface area (Å²) in [5.41, 5.74) is 1.42. The summed E-state index contributed by atoms with van der Waals surface area (Å²) >= 11 is 0. The molecule has 3 heterocycles. The standard InChI is InChI=1S/C20H25N5O2S/c1-14-4-6-16(7-5-14)28(26,27)25-11-9-17-19(22-13-23-20(17)25)24-10-8-15(2)18(12-24)21-3/h4-7,9,11,13,15,18,21H,8,10,12H2,1-3H3/t15-,18+/m1/s1. The summed E-state index contributed by atoms with van der Waals surface area (Å²) in [6.45, 7) is 5.90. The molecular formula is C20H25N5O2S. The zero-order valence-electron chi connectivity index (χ0n) is 16.3. The van der Waals surface area contributed by atoms with E-state index in [0.29, 0.717) is 17.6 Å². The quantitative estimate of drug-likeness (QED) is 0.726. The Morgan fingerprint density at radius 3 is 2.61 bits per heavy atom. The fourth-order valence-corrected chi connectivity index (χ4v) is 5.12. The fourth-order valence-electron chi connectivity index (χ4n) is 3.82. The Morgan fingerprint density at radius 1 is 1.14 bits per heavy atom. The number of anilines is 1. The molecule has 1 aliphatic rings. The number of benzene rings is 1. The Bertz CT molecular complexity index is 1090. The minimum atomic E-state index is -3.72. The predicted molar refractivity (Wildman–Crippen MR) is 110 cm³/mol. The van der Waals surface area contributed by atoms with E-state index in [0.717, 1.165) is 36.3 Å². The van der Waals surface area contributed by atoms with E-state index < -0.39 is 10.0 Å². The number of fused-ring (bicyclic) bond motifs is 1. The van der Waals surface area contributed by atoms with Crippen LogP contribution in [0, 0.1) is 12.8 Å². The first-order valence-corrected chi connectivity index (χ1v) is 10.9. The molecule has 28 heavy (non-hydrogen) atoms. The van der Waals surface area contributed by atoms with Crippen LogP contribution in [-0.4, -0.2) is 48.5 Å². The minimum absolute atomic E-state index is 0.248. The molecule has 1 fully saturated rings. The molecule has 7 nitrogen and oxygen atoms in total. The minimum Gasteiger partial charge on any atom is -0.354 e. The van der Waals surface area contributed by atoms with Crippen LogP contribution in [0.15, 0.2) is 47.8 Å². The Balaban J connectivity index is 1.76. The lowest BCUT2D eigenvalue weighted by atomic mass is 9.93. The van der Waals surface area contributed by atoms with Crippen LogP contribution in [0.5, 0.6) is 0 Å². The summed E-state index contributed by atoms with van der Waals surface area (Å²) in [5.74, 6) is 1.38. The smallest absolute Gasteiger partial charge is 0.269 e. The maximum absolute atomic E-state index is 13.1. The van der Waals surface area contributed by atoms with Crippen molar-refractivity contribution in [3.05, 3.63) is 48.4 Å². The van der Waals surface area contributed by atoms with E-state index in [1.54, 1.807) is 36.5 Å². The lowest BCUT2D eigenvalue weighted by molar-refractivity contribution is 0.337. The number of rotatable bonds is 4. The first-order valence-electron chi connectivity index (χ1n) is 9.48. The Hall–Kier alpha value is -2.45. The normalized spacial score (nSPS) is 20.6. The van der Waals surface area contributed by atoms with Gasteiger partial charge in [0, 0.05) is 25.3 Å². The van der Waals surface area contributed by atoms with Gasteiger partial charge in [-0.2, -0.15) is 0 Å². The van der Waals surface area contributed by atoms with E-state index in [-0.39, 0.29) is 4.90 Å². The van der Waals surface area contributed by atoms with Gasteiger partial charge in [0.15, 0.2) is 5.65 Å². The maximum Gasteiger partial charge on any atom is 0.269 e. The molecule has 2 aromatic heterocycles. The van der Waals surface area contributed by atoms with Crippen LogP contribution in [0.25, 0.3) is 11.0 Å². The van der Waals surface area contributed by atoms with Gasteiger partial charge in [0.1, 0.15) is 12.1 Å². The summed E-state index contributed by atoms with van der Waals surface area (Å²) in [4.78, 5) is 11.2. The number of nitrogens with one attached hydrogen (secondary N) is 1. The molecule has 148 valence electrons. The maximum atomic E-state index is 13.1. The molecule has 1 saturated heterocycles. The molecule has 4 rings (SSSR count). The predicted octanol–water partition coefficient (Wildman–Crippen LogP) is 2.41. The summed E-state index contributed by atoms with van der Waals surface area (Å²) < 4.78 is 27.5. The van der Waals surface area contributed by atoms with Crippen molar-refractivity contribution in [2.45, 2.75) is 31.2 Å². The van der Waals surface area contributed by atoms with Gasteiger partial charge in [-0.3, -0.25) is 0 Å². The van der Waals surface area contributed by atoms with Gasteiger partial charge in [-0.15, -0.1) is 0 Å². The van der Waals surface area contributed by atoms with Crippen LogP contribution < -0.4 is 10.2 Å². The SMILES string of the molecule is CN[C@H]1CN(c2ncnc3c2ccn3S(=O)(=O)c2ccc(C)cc2)CC[C@H]1C. The van der Waals surface area contributed by atoms with E-state index in [4.69, 9.17) is 0 Å². The zero-order chi connectivity index (χ0) is 19.9. The highest BCUT2D eigenvalue weighted by Crippen LogP contribution is 2.29. The Morgan fingerprint density at radius 2 is 1.89 bits per heavy atom. The third kappa shape index (κ3) is 3.16. The summed E-state index contributed by atoms with van der Waals surface area (Å²) in [6.07, 6.45) is 4.07. The van der Waals surface area contributed by atoms with Crippen LogP contribution in [-0.2, 0) is 10.0 Å². The molecule has 0 amide bonds. The van der Waals surface area contributed by atoms with Crippen LogP contribution in [0.1, 0.15) is 18.9 Å². The monoisotopic (exact) mass is 399 g/mol. The van der Waals surface area contributed by atoms with Crippen molar-refractivity contribution in [2.75, 3.05) is 25.0 Å². The lowest BCUT2D eigenvalue weighted by Crippen LogP contribution is -2.49. The van der Waals surface area contributed by atoms with Gasteiger partial charge in [0.05, 0.1) is 10.3 Å². The molecule has 3 aromatic rings. The molecule has 0 unspecified atom stereocenters. The molecule has 0 saturated carbocycles. The van der Waals surface area contributed by atoms with E-state index in [1.807, 2.05) is 14.0 Å². The van der Waals surface area contributed by atoms with E-state index in [2.05, 4.69) is 27.1 Å². The van der Waals surface area contributed by atoms with Crippen molar-refractivity contribution >= 4 is 26.9 Å². The van der Waals surface area contributed by atoms with Gasteiger partial charge < -0.3 is 10.2 Å². The number of nitrogens with zero attached hydrogens (tertiary/aromatic N) is 4. The van der Waals surface area contributed by atoms with Crippen LogP contribution in [0.3, 0.4) is 0 Å². The van der Waals surface area contributed by atoms with Gasteiger partial charge in [0.2, 0.25) is 0 Å². The van der Waals surface area contributed by atoms with Gasteiger partial charge in [0.25, 0.3) is 10.0 Å². The number of aromatic nitrogens is 3. The van der Waals surface area contributed by atoms with Crippen molar-refractivity contribution < 1.29 is 8.42 Å². The van der Waals surface area contributed by atoms with Crippen LogP contribution in [0.2, 0.25) is 0 Å². The fraction of sp³-hybridized carbons (Fsp3) is 0.400. The van der Waals surface area contributed by atoms with Gasteiger partial charge in [-0.1, -0.05) is 24.6 Å². The second kappa shape index (κ2) is 7.18. The molecule has 0 radical (unpaired) electrons. The summed E-state index contributed by atoms with van der Waals surface area (Å²) in [5, 5.41) is 4.12. The van der Waals surface area contributed by atoms with Crippen molar-refractivity contribution in [3.8, 4) is 0 Å². The zero-order valence-corrected chi connectivity index (χ0v) is 17.1. The number of hydrogen-bond donors (Lipinski definition) is 1. The van der Waals surface area contributed by atoms with Gasteiger partial charge in [-0.25, -0.2) is 22.4 Å². The third-order valence-electron chi connectivity index (χ3n) is 5.63. The van der Waals surface area contributed by atoms with Crippen molar-refractivity contribution in [1.82, 2.24) is 19.3 Å². The molecule has 0 aliphatic carbocycles. The second-order valence-corrected chi connectivity index (χ2v) is 9.29. The Kier molecular flexibility index (Phi) is 4.84. The first kappa shape index (κ1) is 18.9. The van der Waals surface area contributed by atoms with E-state index in [1.165, 1.54) is 10.3 Å². The lowest BCUT2D eigenvalue weighted by Gasteiger charge is -2.37. The summed E-state index contributed by atoms with van der Waals surface area (Å²) in [6, 6.07) is 9.02. The topological polar surface area (TPSA) is 80.1 Å². The number of piperidine rings is 1. The third-order valence-corrected chi connectivity index (χ3v) is 7.31. The van der Waals surface area contributed by atoms with Gasteiger partial charge >= 0.3 is 0 Å². The van der Waals surface area contributed by atoms with E-state index >= 15 is 0 Å². The highest BCUT2D eigenvalue weighted by Gasteiger charge is 2.28. The molecule has 2 atom stereocenters. The molecule has 0 spiro atoms. The highest BCUT2D eigenvalue weighted by molar-refractivity contribution is 7.90. The number of likely N-dealkylation sites (N-methyl/N-ethyl adjacent to an activating group) is 1. The molecule has 0 bridgehead atoms. The highest BCUT2D eigenvalue weighted by atomic mass is 32.2. The van der Waals surface area contributed by atoms with Crippen molar-refractivity contribution in [2.24, 2.45) is 5.92 Å². The van der Waals surface area contributed by atoms with Crippen molar-refractivity contribution in [3.63, 3.8) is 0 Å². The van der Waals surface area contributed by atoms with E-state index in [9.17, 15) is 8.42 Å². The van der Waals surface area contributed by atoms with Gasteiger partial charge in [-0.05, 0) is 44.5 Å². The average molecular weight is 400 g/mol. The molecule has 1 aliphatic heterocycles. The Labute approximate surface area is 165 Å². The largest absolute Gasteiger partial charge is 0.354 e. The molecule has 1 N–H and O–H groups in total. The molecule has 1 aromatic carbocycles. The summed E-state index contributed by atoms with van der Waals surface area (Å²) in [7, 11) is -1.74. The molecule has 8 heteroatoms. The average Bonchev–Trinajstić information content (AvgIpc) is 3.14. The second-order valence-electron chi connectivity index (χ2n) is 7.47. The molecular weight excluding hydrogens is 374 g/mol.